The number of halogens is 4. The fourth-order valence-corrected chi connectivity index (χ4v) is 3.81. The number of hydrazine groups is 1. The SMILES string of the molecule is O=C1N(Cc2ccc(C(F)(F)F)cc2Cl)CCN1N1CCc2ccccc21. The summed E-state index contributed by atoms with van der Waals surface area (Å²) in [5.41, 5.74) is 1.94. The molecule has 4 nitrogen and oxygen atoms in total. The van der Waals surface area contributed by atoms with Gasteiger partial charge in [0.25, 0.3) is 0 Å². The number of carbonyl (C=O) groups excluding carboxylic acids is 1. The Morgan fingerprint density at radius 2 is 1.78 bits per heavy atom. The van der Waals surface area contributed by atoms with Gasteiger partial charge >= 0.3 is 12.2 Å². The van der Waals surface area contributed by atoms with Crippen LogP contribution in [-0.4, -0.2) is 35.6 Å². The molecule has 0 saturated carbocycles. The Balaban J connectivity index is 1.49. The molecule has 2 aliphatic heterocycles. The Morgan fingerprint density at radius 1 is 1.00 bits per heavy atom. The third-order valence-corrected chi connectivity index (χ3v) is 5.32. The highest BCUT2D eigenvalue weighted by Gasteiger charge is 2.36. The number of para-hydroxylation sites is 1. The van der Waals surface area contributed by atoms with Gasteiger partial charge in [0.2, 0.25) is 0 Å². The third-order valence-electron chi connectivity index (χ3n) is 4.97. The number of amides is 2. The van der Waals surface area contributed by atoms with Gasteiger partial charge in [-0.25, -0.2) is 9.80 Å². The lowest BCUT2D eigenvalue weighted by molar-refractivity contribution is -0.137. The van der Waals surface area contributed by atoms with Crippen molar-refractivity contribution in [1.29, 1.82) is 0 Å². The van der Waals surface area contributed by atoms with Crippen molar-refractivity contribution in [3.8, 4) is 0 Å². The first-order valence-electron chi connectivity index (χ1n) is 8.62. The standard InChI is InChI=1S/C19H17ClF3N3O/c20-16-11-15(19(21,22)23)6-5-14(16)12-24-9-10-26(18(24)27)25-8-7-13-3-1-2-4-17(13)25/h1-6,11H,7-10,12H2. The Labute approximate surface area is 159 Å². The molecule has 2 heterocycles. The molecular weight excluding hydrogens is 379 g/mol. The zero-order valence-corrected chi connectivity index (χ0v) is 15.1. The first kappa shape index (κ1) is 18.0. The summed E-state index contributed by atoms with van der Waals surface area (Å²) in [6.45, 7) is 1.95. The average molecular weight is 396 g/mol. The van der Waals surface area contributed by atoms with E-state index >= 15 is 0 Å². The second-order valence-electron chi connectivity index (χ2n) is 6.63. The van der Waals surface area contributed by atoms with Crippen molar-refractivity contribution >= 4 is 23.3 Å². The quantitative estimate of drug-likeness (QED) is 0.761. The molecular formula is C19H17ClF3N3O. The number of alkyl halides is 3. The molecule has 2 aromatic rings. The van der Waals surface area contributed by atoms with E-state index in [0.717, 1.165) is 30.8 Å². The molecule has 2 aliphatic rings. The highest BCUT2D eigenvalue weighted by Crippen LogP contribution is 2.34. The van der Waals surface area contributed by atoms with Crippen molar-refractivity contribution in [2.75, 3.05) is 24.6 Å². The van der Waals surface area contributed by atoms with Gasteiger partial charge in [-0.2, -0.15) is 13.2 Å². The first-order chi connectivity index (χ1) is 12.8. The fourth-order valence-electron chi connectivity index (χ4n) is 3.57. The summed E-state index contributed by atoms with van der Waals surface area (Å²) >= 11 is 6.03. The van der Waals surface area contributed by atoms with E-state index in [1.807, 2.05) is 23.2 Å². The van der Waals surface area contributed by atoms with Crippen molar-refractivity contribution in [2.45, 2.75) is 19.1 Å². The molecule has 27 heavy (non-hydrogen) atoms. The maximum absolute atomic E-state index is 12.8. The number of rotatable bonds is 3. The van der Waals surface area contributed by atoms with Crippen LogP contribution in [0.3, 0.4) is 0 Å². The van der Waals surface area contributed by atoms with Gasteiger partial charge in [-0.15, -0.1) is 0 Å². The minimum atomic E-state index is -4.44. The normalized spacial score (nSPS) is 17.0. The Kier molecular flexibility index (Phi) is 4.42. The monoisotopic (exact) mass is 395 g/mol. The molecule has 1 saturated heterocycles. The Morgan fingerprint density at radius 3 is 2.52 bits per heavy atom. The fraction of sp³-hybridized carbons (Fsp3) is 0.316. The second kappa shape index (κ2) is 6.64. The van der Waals surface area contributed by atoms with Gasteiger partial charge < -0.3 is 4.90 Å². The molecule has 0 unspecified atom stereocenters. The van der Waals surface area contributed by atoms with Gasteiger partial charge in [0.15, 0.2) is 0 Å². The van der Waals surface area contributed by atoms with Crippen LogP contribution in [0.25, 0.3) is 0 Å². The molecule has 0 radical (unpaired) electrons. The summed E-state index contributed by atoms with van der Waals surface area (Å²) in [5, 5.41) is 3.69. The van der Waals surface area contributed by atoms with Crippen molar-refractivity contribution in [1.82, 2.24) is 9.91 Å². The van der Waals surface area contributed by atoms with Crippen LogP contribution >= 0.6 is 11.6 Å². The summed E-state index contributed by atoms with van der Waals surface area (Å²) in [6.07, 6.45) is -3.56. The minimum absolute atomic E-state index is 0.0163. The smallest absolute Gasteiger partial charge is 0.317 e. The van der Waals surface area contributed by atoms with E-state index in [9.17, 15) is 18.0 Å². The number of fused-ring (bicyclic) bond motifs is 1. The van der Waals surface area contributed by atoms with E-state index in [-0.39, 0.29) is 17.6 Å². The van der Waals surface area contributed by atoms with E-state index in [2.05, 4.69) is 6.07 Å². The topological polar surface area (TPSA) is 26.8 Å². The van der Waals surface area contributed by atoms with Gasteiger partial charge in [0, 0.05) is 24.7 Å². The lowest BCUT2D eigenvalue weighted by Crippen LogP contribution is -2.44. The number of urea groups is 1. The van der Waals surface area contributed by atoms with Gasteiger partial charge in [0.05, 0.1) is 17.8 Å². The summed E-state index contributed by atoms with van der Waals surface area (Å²) in [6, 6.07) is 11.0. The largest absolute Gasteiger partial charge is 0.416 e. The lowest BCUT2D eigenvalue weighted by atomic mass is 10.1. The number of hydrogen-bond acceptors (Lipinski definition) is 2. The highest BCUT2D eigenvalue weighted by atomic mass is 35.5. The number of anilines is 1. The van der Waals surface area contributed by atoms with Crippen LogP contribution in [-0.2, 0) is 19.1 Å². The number of carbonyl (C=O) groups is 1. The van der Waals surface area contributed by atoms with Crippen LogP contribution < -0.4 is 5.01 Å². The zero-order valence-electron chi connectivity index (χ0n) is 14.3. The molecule has 0 aliphatic carbocycles. The minimum Gasteiger partial charge on any atom is -0.317 e. The number of nitrogens with zero attached hydrogens (tertiary/aromatic N) is 3. The molecule has 2 aromatic carbocycles. The maximum Gasteiger partial charge on any atom is 0.416 e. The third kappa shape index (κ3) is 3.32. The number of hydrogen-bond donors (Lipinski definition) is 0. The van der Waals surface area contributed by atoms with E-state index < -0.39 is 11.7 Å². The van der Waals surface area contributed by atoms with Crippen LogP contribution in [0.5, 0.6) is 0 Å². The van der Waals surface area contributed by atoms with Crippen LogP contribution in [0.1, 0.15) is 16.7 Å². The molecule has 2 amide bonds. The lowest BCUT2D eigenvalue weighted by Gasteiger charge is -2.30. The van der Waals surface area contributed by atoms with Crippen LogP contribution in [0.15, 0.2) is 42.5 Å². The summed E-state index contributed by atoms with van der Waals surface area (Å²) < 4.78 is 38.3. The van der Waals surface area contributed by atoms with Crippen molar-refractivity contribution in [3.63, 3.8) is 0 Å². The van der Waals surface area contributed by atoms with Crippen LogP contribution in [0.4, 0.5) is 23.7 Å². The molecule has 1 fully saturated rings. The molecule has 4 rings (SSSR count). The molecule has 0 bridgehead atoms. The van der Waals surface area contributed by atoms with Crippen molar-refractivity contribution in [3.05, 3.63) is 64.2 Å². The second-order valence-corrected chi connectivity index (χ2v) is 7.04. The van der Waals surface area contributed by atoms with Crippen molar-refractivity contribution < 1.29 is 18.0 Å². The van der Waals surface area contributed by atoms with Gasteiger partial charge in [0.1, 0.15) is 0 Å². The molecule has 0 N–H and O–H groups in total. The molecule has 8 heteroatoms. The summed E-state index contributed by atoms with van der Waals surface area (Å²) in [5.74, 6) is 0. The van der Waals surface area contributed by atoms with Gasteiger partial charge in [-0.3, -0.25) is 5.01 Å². The van der Waals surface area contributed by atoms with E-state index in [4.69, 9.17) is 11.6 Å². The average Bonchev–Trinajstić information content (AvgIpc) is 3.20. The molecule has 142 valence electrons. The predicted molar refractivity (Wildman–Crippen MR) is 96.5 cm³/mol. The predicted octanol–water partition coefficient (Wildman–Crippen LogP) is 4.57. The van der Waals surface area contributed by atoms with Gasteiger partial charge in [-0.1, -0.05) is 35.9 Å². The van der Waals surface area contributed by atoms with E-state index in [1.54, 1.807) is 9.91 Å². The van der Waals surface area contributed by atoms with Gasteiger partial charge in [-0.05, 0) is 35.7 Å². The molecule has 0 aromatic heterocycles. The number of benzene rings is 2. The maximum atomic E-state index is 12.8. The summed E-state index contributed by atoms with van der Waals surface area (Å²) in [4.78, 5) is 14.4. The Bertz CT molecular complexity index is 887. The summed E-state index contributed by atoms with van der Waals surface area (Å²) in [7, 11) is 0. The van der Waals surface area contributed by atoms with E-state index in [0.29, 0.717) is 18.7 Å². The molecule has 0 atom stereocenters. The first-order valence-corrected chi connectivity index (χ1v) is 9.00. The van der Waals surface area contributed by atoms with Crippen LogP contribution in [0, 0.1) is 0 Å². The zero-order chi connectivity index (χ0) is 19.2. The Hall–Kier alpha value is -2.41. The van der Waals surface area contributed by atoms with Crippen LogP contribution in [0.2, 0.25) is 5.02 Å². The van der Waals surface area contributed by atoms with Crippen molar-refractivity contribution in [2.24, 2.45) is 0 Å². The molecule has 0 spiro atoms. The highest BCUT2D eigenvalue weighted by molar-refractivity contribution is 6.31. The van der Waals surface area contributed by atoms with E-state index in [1.165, 1.54) is 11.6 Å².